The summed E-state index contributed by atoms with van der Waals surface area (Å²) < 4.78 is 13.7. The van der Waals surface area contributed by atoms with Gasteiger partial charge in [0.15, 0.2) is 0 Å². The zero-order chi connectivity index (χ0) is 10.7. The first-order chi connectivity index (χ1) is 6.57. The van der Waals surface area contributed by atoms with Crippen LogP contribution in [0.25, 0.3) is 0 Å². The Kier molecular flexibility index (Phi) is 3.23. The molecule has 1 aromatic rings. The van der Waals surface area contributed by atoms with Gasteiger partial charge in [0.1, 0.15) is 5.82 Å². The Morgan fingerprint density at radius 3 is 2.57 bits per heavy atom. The molecule has 0 aliphatic heterocycles. The quantitative estimate of drug-likeness (QED) is 0.770. The van der Waals surface area contributed by atoms with Gasteiger partial charge in [-0.2, -0.15) is 0 Å². The van der Waals surface area contributed by atoms with Crippen LogP contribution in [0.3, 0.4) is 0 Å². The van der Waals surface area contributed by atoms with Crippen molar-refractivity contribution in [1.82, 2.24) is 5.32 Å². The van der Waals surface area contributed by atoms with E-state index in [4.69, 9.17) is 0 Å². The zero-order valence-corrected chi connectivity index (χ0v) is 8.60. The molecule has 76 valence electrons. The summed E-state index contributed by atoms with van der Waals surface area (Å²) in [7, 11) is 1.49. The largest absolute Gasteiger partial charge is 0.355 e. The van der Waals surface area contributed by atoms with E-state index in [2.05, 4.69) is 5.32 Å². The third-order valence-corrected chi connectivity index (χ3v) is 2.12. The van der Waals surface area contributed by atoms with Crippen LogP contribution in [0.5, 0.6) is 0 Å². The minimum absolute atomic E-state index is 0.0830. The smallest absolute Gasteiger partial charge is 0.254 e. The lowest BCUT2D eigenvalue weighted by molar-refractivity contribution is 0.0959. The molecule has 1 N–H and O–H groups in total. The van der Waals surface area contributed by atoms with E-state index >= 15 is 0 Å². The summed E-state index contributed by atoms with van der Waals surface area (Å²) in [5.74, 6) is -0.716. The summed E-state index contributed by atoms with van der Waals surface area (Å²) in [4.78, 5) is 11.3. The minimum atomic E-state index is -0.415. The predicted molar refractivity (Wildman–Crippen MR) is 53.9 cm³/mol. The van der Waals surface area contributed by atoms with Crippen molar-refractivity contribution in [2.45, 2.75) is 19.8 Å². The maximum atomic E-state index is 13.7. The normalized spacial score (nSPS) is 10.4. The molecule has 0 saturated heterocycles. The Morgan fingerprint density at radius 2 is 2.07 bits per heavy atom. The Bertz CT molecular complexity index is 347. The van der Waals surface area contributed by atoms with Crippen LogP contribution in [0.4, 0.5) is 4.39 Å². The Morgan fingerprint density at radius 1 is 1.43 bits per heavy atom. The molecule has 14 heavy (non-hydrogen) atoms. The molecule has 1 aromatic carbocycles. The van der Waals surface area contributed by atoms with Gasteiger partial charge < -0.3 is 5.32 Å². The van der Waals surface area contributed by atoms with Crippen molar-refractivity contribution in [3.63, 3.8) is 0 Å². The molecule has 0 atom stereocenters. The van der Waals surface area contributed by atoms with E-state index in [1.807, 2.05) is 13.8 Å². The summed E-state index contributed by atoms with van der Waals surface area (Å²) in [6.45, 7) is 3.79. The van der Waals surface area contributed by atoms with Gasteiger partial charge in [-0.05, 0) is 17.5 Å². The summed E-state index contributed by atoms with van der Waals surface area (Å²) >= 11 is 0. The SMILES string of the molecule is CNC(=O)c1cccc(C(C)C)c1F. The van der Waals surface area contributed by atoms with Gasteiger partial charge in [-0.3, -0.25) is 4.79 Å². The fraction of sp³-hybridized carbons (Fsp3) is 0.364. The van der Waals surface area contributed by atoms with Gasteiger partial charge in [0.25, 0.3) is 5.91 Å². The molecule has 0 aliphatic carbocycles. The average molecular weight is 195 g/mol. The van der Waals surface area contributed by atoms with Crippen molar-refractivity contribution in [1.29, 1.82) is 0 Å². The van der Waals surface area contributed by atoms with Crippen molar-refractivity contribution in [2.75, 3.05) is 7.05 Å². The van der Waals surface area contributed by atoms with E-state index in [1.165, 1.54) is 13.1 Å². The van der Waals surface area contributed by atoms with Crippen molar-refractivity contribution < 1.29 is 9.18 Å². The van der Waals surface area contributed by atoms with Crippen LogP contribution >= 0.6 is 0 Å². The van der Waals surface area contributed by atoms with E-state index in [0.717, 1.165) is 0 Å². The van der Waals surface area contributed by atoms with Crippen LogP contribution < -0.4 is 5.32 Å². The van der Waals surface area contributed by atoms with Gasteiger partial charge in [0, 0.05) is 7.05 Å². The van der Waals surface area contributed by atoms with Gasteiger partial charge in [0.2, 0.25) is 0 Å². The lowest BCUT2D eigenvalue weighted by Crippen LogP contribution is -2.20. The number of hydrogen-bond acceptors (Lipinski definition) is 1. The molecule has 1 rings (SSSR count). The fourth-order valence-electron chi connectivity index (χ4n) is 1.31. The highest BCUT2D eigenvalue weighted by Crippen LogP contribution is 2.20. The number of hydrogen-bond donors (Lipinski definition) is 1. The number of rotatable bonds is 2. The highest BCUT2D eigenvalue weighted by atomic mass is 19.1. The number of halogens is 1. The van der Waals surface area contributed by atoms with Crippen LogP contribution in [-0.2, 0) is 0 Å². The topological polar surface area (TPSA) is 29.1 Å². The molecule has 0 unspecified atom stereocenters. The molecule has 0 radical (unpaired) electrons. The summed E-state index contributed by atoms with van der Waals surface area (Å²) in [6.07, 6.45) is 0. The molecular formula is C11H14FNO. The third kappa shape index (κ3) is 1.92. The van der Waals surface area contributed by atoms with Gasteiger partial charge in [-0.1, -0.05) is 26.0 Å². The van der Waals surface area contributed by atoms with Crippen molar-refractivity contribution >= 4 is 5.91 Å². The summed E-state index contributed by atoms with van der Waals surface area (Å²) in [5.41, 5.74) is 0.685. The van der Waals surface area contributed by atoms with Gasteiger partial charge in [0.05, 0.1) is 5.56 Å². The first kappa shape index (κ1) is 10.7. The molecule has 0 saturated carbocycles. The highest BCUT2D eigenvalue weighted by molar-refractivity contribution is 5.94. The first-order valence-corrected chi connectivity index (χ1v) is 4.58. The minimum Gasteiger partial charge on any atom is -0.355 e. The Labute approximate surface area is 83.1 Å². The lowest BCUT2D eigenvalue weighted by atomic mass is 9.99. The second-order valence-corrected chi connectivity index (χ2v) is 3.44. The average Bonchev–Trinajstić information content (AvgIpc) is 2.16. The number of carbonyl (C=O) groups is 1. The molecule has 0 spiro atoms. The Balaban J connectivity index is 3.20. The summed E-state index contributed by atoms with van der Waals surface area (Å²) in [6, 6.07) is 4.88. The second kappa shape index (κ2) is 4.22. The van der Waals surface area contributed by atoms with Crippen LogP contribution in [0.1, 0.15) is 35.7 Å². The number of carbonyl (C=O) groups excluding carboxylic acids is 1. The van der Waals surface area contributed by atoms with Gasteiger partial charge in [-0.15, -0.1) is 0 Å². The molecule has 0 heterocycles. The molecule has 2 nitrogen and oxygen atoms in total. The van der Waals surface area contributed by atoms with E-state index in [9.17, 15) is 9.18 Å². The van der Waals surface area contributed by atoms with Crippen molar-refractivity contribution in [2.24, 2.45) is 0 Å². The lowest BCUT2D eigenvalue weighted by Gasteiger charge is -2.09. The zero-order valence-electron chi connectivity index (χ0n) is 8.60. The molecule has 0 bridgehead atoms. The highest BCUT2D eigenvalue weighted by Gasteiger charge is 2.14. The fourth-order valence-corrected chi connectivity index (χ4v) is 1.31. The van der Waals surface area contributed by atoms with Crippen molar-refractivity contribution in [3.05, 3.63) is 35.1 Å². The van der Waals surface area contributed by atoms with Crippen LogP contribution in [0.15, 0.2) is 18.2 Å². The number of benzene rings is 1. The van der Waals surface area contributed by atoms with E-state index < -0.39 is 5.82 Å². The maximum Gasteiger partial charge on any atom is 0.254 e. The maximum absolute atomic E-state index is 13.7. The third-order valence-electron chi connectivity index (χ3n) is 2.12. The molecule has 0 fully saturated rings. The second-order valence-electron chi connectivity index (χ2n) is 3.44. The number of nitrogens with one attached hydrogen (secondary N) is 1. The summed E-state index contributed by atoms with van der Waals surface area (Å²) in [5, 5.41) is 2.41. The molecule has 1 amide bonds. The molecule has 0 aromatic heterocycles. The standard InChI is InChI=1S/C11H14FNO/c1-7(2)8-5-4-6-9(10(8)12)11(14)13-3/h4-7H,1-3H3,(H,13,14). The van der Waals surface area contributed by atoms with Crippen LogP contribution in [0, 0.1) is 5.82 Å². The van der Waals surface area contributed by atoms with E-state index in [-0.39, 0.29) is 17.4 Å². The van der Waals surface area contributed by atoms with Gasteiger partial charge >= 0.3 is 0 Å². The molecule has 3 heteroatoms. The number of amides is 1. The van der Waals surface area contributed by atoms with E-state index in [1.54, 1.807) is 12.1 Å². The van der Waals surface area contributed by atoms with Crippen LogP contribution in [0.2, 0.25) is 0 Å². The predicted octanol–water partition coefficient (Wildman–Crippen LogP) is 2.31. The first-order valence-electron chi connectivity index (χ1n) is 4.58. The molecule has 0 aliphatic rings. The monoisotopic (exact) mass is 195 g/mol. The van der Waals surface area contributed by atoms with Crippen LogP contribution in [-0.4, -0.2) is 13.0 Å². The van der Waals surface area contributed by atoms with E-state index in [0.29, 0.717) is 5.56 Å². The Hall–Kier alpha value is -1.38. The van der Waals surface area contributed by atoms with Crippen molar-refractivity contribution in [3.8, 4) is 0 Å². The molecular weight excluding hydrogens is 181 g/mol. The van der Waals surface area contributed by atoms with Gasteiger partial charge in [-0.25, -0.2) is 4.39 Å².